The van der Waals surface area contributed by atoms with Crippen molar-refractivity contribution in [1.29, 1.82) is 0 Å². The number of hydrogen-bond acceptors (Lipinski definition) is 7. The van der Waals surface area contributed by atoms with E-state index < -0.39 is 28.7 Å². The van der Waals surface area contributed by atoms with Crippen molar-refractivity contribution in [3.8, 4) is 0 Å². The number of carbonyl (C=O) groups is 3. The number of urea groups is 2. The molecule has 1 saturated heterocycles. The van der Waals surface area contributed by atoms with E-state index in [1.165, 1.54) is 40.3 Å². The molecule has 0 unspecified atom stereocenters. The summed E-state index contributed by atoms with van der Waals surface area (Å²) < 4.78 is 0. The van der Waals surface area contributed by atoms with Crippen LogP contribution in [0.5, 0.6) is 0 Å². The molecule has 3 N–H and O–H groups in total. The number of hydrogen-bond donors (Lipinski definition) is 3. The Kier molecular flexibility index (Phi) is 10.6. The maximum Gasteiger partial charge on any atom is 0.347 e. The first-order valence-electron chi connectivity index (χ1n) is 13.9. The van der Waals surface area contributed by atoms with Gasteiger partial charge in [-0.25, -0.2) is 15.0 Å². The summed E-state index contributed by atoms with van der Waals surface area (Å²) in [5.74, 6) is -0.374. The Labute approximate surface area is 269 Å². The zero-order valence-corrected chi connectivity index (χ0v) is 25.9. The highest BCUT2D eigenvalue weighted by atomic mass is 35.5. The van der Waals surface area contributed by atoms with Crippen molar-refractivity contribution in [3.63, 3.8) is 0 Å². The predicted molar refractivity (Wildman–Crippen MR) is 171 cm³/mol. The molecule has 1 heterocycles. The molecule has 5 amide bonds. The summed E-state index contributed by atoms with van der Waals surface area (Å²) in [4.78, 5) is 52.6. The Morgan fingerprint density at radius 2 is 1.76 bits per heavy atom. The molecule has 1 aliphatic heterocycles. The molecule has 0 aliphatic carbocycles. The van der Waals surface area contributed by atoms with Crippen LogP contribution in [0.15, 0.2) is 77.9 Å². The number of hydroxylamine groups is 2. The van der Waals surface area contributed by atoms with E-state index in [0.717, 1.165) is 0 Å². The topological polar surface area (TPSA) is 161 Å². The van der Waals surface area contributed by atoms with Crippen molar-refractivity contribution in [2.24, 2.45) is 5.10 Å². The zero-order chi connectivity index (χ0) is 32.7. The van der Waals surface area contributed by atoms with Crippen LogP contribution < -0.4 is 15.6 Å². The second-order valence-electron chi connectivity index (χ2n) is 10.7. The number of nitrogens with one attached hydrogen (secondary N) is 2. The van der Waals surface area contributed by atoms with Gasteiger partial charge in [-0.3, -0.25) is 25.0 Å². The second-order valence-corrected chi connectivity index (χ2v) is 11.6. The lowest BCUT2D eigenvalue weighted by molar-refractivity contribution is -0.384. The number of amides is 5. The van der Waals surface area contributed by atoms with Crippen LogP contribution in [-0.2, 0) is 4.79 Å². The van der Waals surface area contributed by atoms with E-state index in [4.69, 9.17) is 23.2 Å². The lowest BCUT2D eigenvalue weighted by Crippen LogP contribution is -2.58. The smallest absolute Gasteiger partial charge is 0.315 e. The van der Waals surface area contributed by atoms with E-state index in [1.807, 2.05) is 0 Å². The van der Waals surface area contributed by atoms with Gasteiger partial charge in [0.05, 0.1) is 16.7 Å². The Balaban J connectivity index is 1.42. The third kappa shape index (κ3) is 8.06. The first kappa shape index (κ1) is 33.2. The lowest BCUT2D eigenvalue weighted by Gasteiger charge is -2.38. The van der Waals surface area contributed by atoms with E-state index in [2.05, 4.69) is 15.8 Å². The van der Waals surface area contributed by atoms with Crippen LogP contribution in [0.2, 0.25) is 10.0 Å². The molecule has 236 valence electrons. The Hall–Kier alpha value is -4.72. The number of hydrazone groups is 1. The number of halogens is 2. The maximum atomic E-state index is 13.8. The average molecular weight is 657 g/mol. The minimum Gasteiger partial charge on any atom is -0.315 e. The maximum absolute atomic E-state index is 13.8. The quantitative estimate of drug-likeness (QED) is 0.0703. The molecule has 0 spiro atoms. The Bertz CT molecular complexity index is 1620. The molecule has 1 aliphatic rings. The van der Waals surface area contributed by atoms with Gasteiger partial charge in [-0.15, -0.1) is 0 Å². The molecule has 1 atom stereocenters. The number of unbranched alkanes of at least 4 members (excludes halogenated alkanes) is 1. The summed E-state index contributed by atoms with van der Waals surface area (Å²) in [6.45, 7) is 3.67. The lowest BCUT2D eigenvalue weighted by atomic mass is 9.99. The van der Waals surface area contributed by atoms with Gasteiger partial charge in [0.1, 0.15) is 0 Å². The van der Waals surface area contributed by atoms with Crippen molar-refractivity contribution in [2.45, 2.75) is 44.8 Å². The number of nitrogens with zero attached hydrogens (tertiary/aromatic N) is 5. The van der Waals surface area contributed by atoms with E-state index in [9.17, 15) is 29.7 Å². The van der Waals surface area contributed by atoms with Crippen LogP contribution in [0.3, 0.4) is 0 Å². The summed E-state index contributed by atoms with van der Waals surface area (Å²) in [6.07, 6.45) is 1.08. The first-order valence-corrected chi connectivity index (χ1v) is 14.6. The number of nitro benzene ring substituents is 1. The minimum atomic E-state index is -1.16. The van der Waals surface area contributed by atoms with E-state index in [1.54, 1.807) is 62.4 Å². The van der Waals surface area contributed by atoms with Crippen LogP contribution in [0.1, 0.15) is 38.7 Å². The fourth-order valence-electron chi connectivity index (χ4n) is 4.97. The van der Waals surface area contributed by atoms with Gasteiger partial charge >= 0.3 is 12.1 Å². The molecule has 0 aromatic heterocycles. The van der Waals surface area contributed by atoms with E-state index in [0.29, 0.717) is 44.9 Å². The van der Waals surface area contributed by atoms with E-state index >= 15 is 0 Å². The number of rotatable bonds is 11. The van der Waals surface area contributed by atoms with Crippen LogP contribution in [0.4, 0.5) is 26.7 Å². The minimum absolute atomic E-state index is 0.0908. The standard InChI is InChI=1S/C30H31Cl2N7O6/c1-30(2)27(38(43)28(41)34-23-11-6-9-21(31)17-23)37(24-12-7-10-22(32)18-24)29(42)36(30)15-4-3-14-26(40)35-33-19-20-8-5-13-25(16-20)39(44)45/h5-13,16-19,27,43H,3-4,14-15H2,1-2H3,(H,34,41)(H,35,40)/b33-19-/t27-/m0/s1. The molecular weight excluding hydrogens is 625 g/mol. The van der Waals surface area contributed by atoms with Crippen LogP contribution in [-0.4, -0.2) is 62.5 Å². The summed E-state index contributed by atoms with van der Waals surface area (Å²) in [5, 5.41) is 29.8. The number of nitro groups is 1. The van der Waals surface area contributed by atoms with Crippen LogP contribution >= 0.6 is 23.2 Å². The SMILES string of the molecule is CC1(C)[C@H](N(O)C(=O)Nc2cccc(Cl)c2)N(c2cccc(Cl)c2)C(=O)N1CCCCC(=O)N/N=C\c1cccc([N+](=O)[O-])c1. The van der Waals surface area contributed by atoms with Gasteiger partial charge in [0.25, 0.3) is 5.69 Å². The number of anilines is 2. The fourth-order valence-corrected chi connectivity index (χ4v) is 5.35. The van der Waals surface area contributed by atoms with Gasteiger partial charge in [0, 0.05) is 52.1 Å². The highest BCUT2D eigenvalue weighted by Gasteiger charge is 2.55. The number of benzene rings is 3. The fraction of sp³-hybridized carbons (Fsp3) is 0.267. The molecule has 3 aromatic rings. The van der Waals surface area contributed by atoms with Gasteiger partial charge in [0.15, 0.2) is 6.17 Å². The molecule has 1 fully saturated rings. The summed E-state index contributed by atoms with van der Waals surface area (Å²) in [6, 6.07) is 17.4. The van der Waals surface area contributed by atoms with Crippen molar-refractivity contribution >= 4 is 64.4 Å². The molecule has 13 nitrogen and oxygen atoms in total. The van der Waals surface area contributed by atoms with Crippen molar-refractivity contribution in [1.82, 2.24) is 15.4 Å². The second kappa shape index (κ2) is 14.4. The van der Waals surface area contributed by atoms with Crippen molar-refractivity contribution < 1.29 is 24.5 Å². The number of non-ortho nitro benzene ring substituents is 1. The predicted octanol–water partition coefficient (Wildman–Crippen LogP) is 6.49. The normalized spacial score (nSPS) is 15.8. The van der Waals surface area contributed by atoms with Crippen LogP contribution in [0.25, 0.3) is 0 Å². The first-order chi connectivity index (χ1) is 21.4. The monoisotopic (exact) mass is 655 g/mol. The zero-order valence-electron chi connectivity index (χ0n) is 24.4. The van der Waals surface area contributed by atoms with Gasteiger partial charge in [-0.1, -0.05) is 47.5 Å². The van der Waals surface area contributed by atoms with Gasteiger partial charge in [0.2, 0.25) is 5.91 Å². The highest BCUT2D eigenvalue weighted by Crippen LogP contribution is 2.39. The van der Waals surface area contributed by atoms with Gasteiger partial charge < -0.3 is 10.2 Å². The summed E-state index contributed by atoms with van der Waals surface area (Å²) in [7, 11) is 0. The van der Waals surface area contributed by atoms with Crippen LogP contribution in [0, 0.1) is 10.1 Å². The highest BCUT2D eigenvalue weighted by molar-refractivity contribution is 6.31. The third-order valence-corrected chi connectivity index (χ3v) is 7.60. The molecule has 4 rings (SSSR count). The number of carbonyl (C=O) groups excluding carboxylic acids is 3. The third-order valence-electron chi connectivity index (χ3n) is 7.13. The molecule has 0 radical (unpaired) electrons. The van der Waals surface area contributed by atoms with E-state index in [-0.39, 0.29) is 24.6 Å². The molecule has 3 aromatic carbocycles. The average Bonchev–Trinajstić information content (AvgIpc) is 3.19. The largest absolute Gasteiger partial charge is 0.347 e. The molecular formula is C30H31Cl2N7O6. The summed E-state index contributed by atoms with van der Waals surface area (Å²) in [5.41, 5.74) is 2.40. The summed E-state index contributed by atoms with van der Waals surface area (Å²) >= 11 is 12.2. The van der Waals surface area contributed by atoms with Crippen molar-refractivity contribution in [3.05, 3.63) is 98.5 Å². The molecule has 0 saturated carbocycles. The molecule has 0 bridgehead atoms. The Morgan fingerprint density at radius 1 is 1.07 bits per heavy atom. The molecule has 15 heteroatoms. The van der Waals surface area contributed by atoms with Gasteiger partial charge in [-0.05, 0) is 63.1 Å². The molecule has 45 heavy (non-hydrogen) atoms. The van der Waals surface area contributed by atoms with Gasteiger partial charge in [-0.2, -0.15) is 10.2 Å². The Morgan fingerprint density at radius 3 is 2.44 bits per heavy atom. The van der Waals surface area contributed by atoms with Crippen molar-refractivity contribution in [2.75, 3.05) is 16.8 Å².